The first-order valence-corrected chi connectivity index (χ1v) is 6.49. The number of aryl methyl sites for hydroxylation is 2. The average molecular weight is 313 g/mol. The number of amides is 1. The van der Waals surface area contributed by atoms with Crippen molar-refractivity contribution in [2.75, 3.05) is 6.54 Å². The third-order valence-electron chi connectivity index (χ3n) is 2.67. The highest BCUT2D eigenvalue weighted by molar-refractivity contribution is 6.30. The lowest BCUT2D eigenvalue weighted by molar-refractivity contribution is -0.385. The number of nitrogens with zero attached hydrogens (tertiary/aromatic N) is 5. The molecule has 2 aromatic heterocycles. The van der Waals surface area contributed by atoms with Crippen LogP contribution >= 0.6 is 11.6 Å². The highest BCUT2D eigenvalue weighted by Crippen LogP contribution is 2.15. The van der Waals surface area contributed by atoms with Crippen LogP contribution in [-0.2, 0) is 13.6 Å². The Morgan fingerprint density at radius 2 is 2.29 bits per heavy atom. The maximum Gasteiger partial charge on any atom is 0.320 e. The second kappa shape index (κ2) is 6.35. The van der Waals surface area contributed by atoms with Crippen molar-refractivity contribution in [1.29, 1.82) is 0 Å². The summed E-state index contributed by atoms with van der Waals surface area (Å²) >= 11 is 5.73. The molecule has 112 valence electrons. The molecule has 0 atom stereocenters. The second-order valence-electron chi connectivity index (χ2n) is 4.32. The molecule has 0 aliphatic rings. The van der Waals surface area contributed by atoms with Crippen LogP contribution in [0, 0.1) is 10.1 Å². The molecular formula is C11H13ClN6O3. The molecule has 0 aromatic carbocycles. The summed E-state index contributed by atoms with van der Waals surface area (Å²) in [5.41, 5.74) is -0.501. The molecule has 0 saturated carbocycles. The normalized spacial score (nSPS) is 10.6. The molecule has 2 rings (SSSR count). The maximum absolute atomic E-state index is 11.9. The van der Waals surface area contributed by atoms with Gasteiger partial charge in [-0.2, -0.15) is 10.2 Å². The first-order valence-electron chi connectivity index (χ1n) is 6.11. The first-order chi connectivity index (χ1) is 9.97. The Bertz CT molecular complexity index is 665. The zero-order valence-corrected chi connectivity index (χ0v) is 11.9. The highest BCUT2D eigenvalue weighted by atomic mass is 35.5. The van der Waals surface area contributed by atoms with Gasteiger partial charge in [-0.1, -0.05) is 11.6 Å². The van der Waals surface area contributed by atoms with Crippen molar-refractivity contribution in [1.82, 2.24) is 24.9 Å². The van der Waals surface area contributed by atoms with Crippen LogP contribution in [0.4, 0.5) is 5.69 Å². The molecule has 9 nitrogen and oxygen atoms in total. The lowest BCUT2D eigenvalue weighted by atomic mass is 10.3. The van der Waals surface area contributed by atoms with E-state index in [2.05, 4.69) is 15.5 Å². The zero-order valence-electron chi connectivity index (χ0n) is 11.2. The molecule has 0 spiro atoms. The van der Waals surface area contributed by atoms with Crippen molar-refractivity contribution in [2.24, 2.45) is 7.05 Å². The third kappa shape index (κ3) is 3.78. The summed E-state index contributed by atoms with van der Waals surface area (Å²) in [6, 6.07) is 0. The van der Waals surface area contributed by atoms with Gasteiger partial charge in [-0.05, 0) is 6.42 Å². The zero-order chi connectivity index (χ0) is 15.4. The van der Waals surface area contributed by atoms with Gasteiger partial charge in [0.1, 0.15) is 6.20 Å². The van der Waals surface area contributed by atoms with Gasteiger partial charge in [-0.25, -0.2) is 0 Å². The second-order valence-corrected chi connectivity index (χ2v) is 4.76. The van der Waals surface area contributed by atoms with Crippen molar-refractivity contribution >= 4 is 23.2 Å². The number of hydrogen-bond donors (Lipinski definition) is 1. The van der Waals surface area contributed by atoms with Crippen LogP contribution < -0.4 is 5.32 Å². The molecule has 2 aromatic rings. The van der Waals surface area contributed by atoms with Crippen LogP contribution in [0.25, 0.3) is 0 Å². The number of nitrogens with one attached hydrogen (secondary N) is 1. The molecule has 0 saturated heterocycles. The van der Waals surface area contributed by atoms with Crippen LogP contribution in [0.3, 0.4) is 0 Å². The van der Waals surface area contributed by atoms with E-state index in [-0.39, 0.29) is 11.4 Å². The van der Waals surface area contributed by atoms with Crippen LogP contribution in [0.2, 0.25) is 5.02 Å². The standard InChI is InChI=1S/C11H13ClN6O3/c1-16-7-9(18(20)21)10(15-16)11(19)13-3-2-4-17-6-8(12)5-14-17/h5-7H,2-4H2,1H3,(H,13,19). The number of aromatic nitrogens is 4. The first kappa shape index (κ1) is 15.0. The van der Waals surface area contributed by atoms with Crippen LogP contribution in [0.1, 0.15) is 16.9 Å². The maximum atomic E-state index is 11.9. The van der Waals surface area contributed by atoms with E-state index in [0.717, 1.165) is 0 Å². The topological polar surface area (TPSA) is 108 Å². The Balaban J connectivity index is 1.86. The predicted molar refractivity (Wildman–Crippen MR) is 74.0 cm³/mol. The number of carbonyl (C=O) groups excluding carboxylic acids is 1. The minimum atomic E-state index is -0.631. The van der Waals surface area contributed by atoms with E-state index in [1.54, 1.807) is 10.9 Å². The smallest absolute Gasteiger partial charge is 0.320 e. The Hall–Kier alpha value is -2.42. The van der Waals surface area contributed by atoms with Gasteiger partial charge < -0.3 is 5.32 Å². The number of nitro groups is 1. The van der Waals surface area contributed by atoms with Crippen molar-refractivity contribution in [2.45, 2.75) is 13.0 Å². The Morgan fingerprint density at radius 3 is 2.90 bits per heavy atom. The fourth-order valence-electron chi connectivity index (χ4n) is 1.76. The lowest BCUT2D eigenvalue weighted by Gasteiger charge is -2.03. The van der Waals surface area contributed by atoms with E-state index >= 15 is 0 Å². The molecular weight excluding hydrogens is 300 g/mol. The minimum absolute atomic E-state index is 0.190. The average Bonchev–Trinajstić information content (AvgIpc) is 3.00. The minimum Gasteiger partial charge on any atom is -0.350 e. The molecule has 1 N–H and O–H groups in total. The summed E-state index contributed by atoms with van der Waals surface area (Å²) in [5, 5.41) is 21.7. The summed E-state index contributed by atoms with van der Waals surface area (Å²) in [5.74, 6) is -0.569. The molecule has 21 heavy (non-hydrogen) atoms. The lowest BCUT2D eigenvalue weighted by Crippen LogP contribution is -2.26. The number of carbonyl (C=O) groups is 1. The molecule has 2 heterocycles. The van der Waals surface area contributed by atoms with Gasteiger partial charge in [0.15, 0.2) is 0 Å². The van der Waals surface area contributed by atoms with Crippen LogP contribution in [0.15, 0.2) is 18.6 Å². The van der Waals surface area contributed by atoms with Crippen molar-refractivity contribution < 1.29 is 9.72 Å². The van der Waals surface area contributed by atoms with Gasteiger partial charge in [-0.15, -0.1) is 0 Å². The number of hydrogen-bond acceptors (Lipinski definition) is 5. The summed E-state index contributed by atoms with van der Waals surface area (Å²) in [6.45, 7) is 0.932. The molecule has 0 aliphatic carbocycles. The Labute approximate surface area is 124 Å². The largest absolute Gasteiger partial charge is 0.350 e. The summed E-state index contributed by atoms with van der Waals surface area (Å²) < 4.78 is 2.89. The summed E-state index contributed by atoms with van der Waals surface area (Å²) in [6.07, 6.45) is 5.01. The van der Waals surface area contributed by atoms with E-state index < -0.39 is 10.8 Å². The van der Waals surface area contributed by atoms with E-state index in [1.165, 1.54) is 24.1 Å². The molecule has 0 unspecified atom stereocenters. The van der Waals surface area contributed by atoms with Gasteiger partial charge >= 0.3 is 5.69 Å². The van der Waals surface area contributed by atoms with Crippen LogP contribution in [-0.4, -0.2) is 36.9 Å². The van der Waals surface area contributed by atoms with E-state index in [9.17, 15) is 14.9 Å². The van der Waals surface area contributed by atoms with E-state index in [4.69, 9.17) is 11.6 Å². The Morgan fingerprint density at radius 1 is 1.52 bits per heavy atom. The van der Waals surface area contributed by atoms with Gasteiger partial charge in [0, 0.05) is 26.3 Å². The SMILES string of the molecule is Cn1cc([N+](=O)[O-])c(C(=O)NCCCn2cc(Cl)cn2)n1. The summed E-state index contributed by atoms with van der Waals surface area (Å²) in [7, 11) is 1.52. The van der Waals surface area contributed by atoms with Gasteiger partial charge in [0.2, 0.25) is 5.69 Å². The van der Waals surface area contributed by atoms with Gasteiger partial charge in [0.25, 0.3) is 5.91 Å². The van der Waals surface area contributed by atoms with E-state index in [1.807, 2.05) is 0 Å². The van der Waals surface area contributed by atoms with Crippen molar-refractivity contribution in [3.63, 3.8) is 0 Å². The molecule has 1 amide bonds. The molecule has 0 bridgehead atoms. The van der Waals surface area contributed by atoms with Crippen LogP contribution in [0.5, 0.6) is 0 Å². The quantitative estimate of drug-likeness (QED) is 0.486. The summed E-state index contributed by atoms with van der Waals surface area (Å²) in [4.78, 5) is 22.0. The van der Waals surface area contributed by atoms with Crippen molar-refractivity contribution in [3.05, 3.63) is 39.4 Å². The Kier molecular flexibility index (Phi) is 4.53. The molecule has 0 fully saturated rings. The number of halogens is 1. The highest BCUT2D eigenvalue weighted by Gasteiger charge is 2.24. The predicted octanol–water partition coefficient (Wildman–Crippen LogP) is 0.998. The molecule has 0 radical (unpaired) electrons. The number of rotatable bonds is 6. The van der Waals surface area contributed by atoms with Crippen molar-refractivity contribution in [3.8, 4) is 0 Å². The van der Waals surface area contributed by atoms with E-state index in [0.29, 0.717) is 24.5 Å². The third-order valence-corrected chi connectivity index (χ3v) is 2.87. The fraction of sp³-hybridized carbons (Fsp3) is 0.364. The van der Waals surface area contributed by atoms with Gasteiger partial charge in [-0.3, -0.25) is 24.3 Å². The van der Waals surface area contributed by atoms with Gasteiger partial charge in [0.05, 0.1) is 16.1 Å². The monoisotopic (exact) mass is 312 g/mol. The molecule has 0 aliphatic heterocycles. The fourth-order valence-corrected chi connectivity index (χ4v) is 1.91. The molecule has 10 heteroatoms.